The third-order valence-electron chi connectivity index (χ3n) is 7.55. The predicted octanol–water partition coefficient (Wildman–Crippen LogP) is 3.72. The molecule has 1 N–H and O–H groups in total. The highest BCUT2D eigenvalue weighted by atomic mass is 32.2. The van der Waals surface area contributed by atoms with Crippen LogP contribution in [0.3, 0.4) is 0 Å². The Hall–Kier alpha value is -3.06. The van der Waals surface area contributed by atoms with E-state index in [-0.39, 0.29) is 25.5 Å². The van der Waals surface area contributed by atoms with Crippen molar-refractivity contribution in [3.8, 4) is 11.5 Å². The van der Waals surface area contributed by atoms with Gasteiger partial charge >= 0.3 is 6.09 Å². The molecule has 0 saturated carbocycles. The lowest BCUT2D eigenvalue weighted by molar-refractivity contribution is -0.0388. The first-order valence-electron chi connectivity index (χ1n) is 13.8. The molecule has 12 heteroatoms. The lowest BCUT2D eigenvalue weighted by Gasteiger charge is -2.43. The fourth-order valence-electron chi connectivity index (χ4n) is 5.50. The normalized spacial score (nSPS) is 20.8. The molecule has 0 aliphatic carbocycles. The number of piperidine rings is 1. The van der Waals surface area contributed by atoms with E-state index < -0.39 is 28.4 Å². The summed E-state index contributed by atoms with van der Waals surface area (Å²) in [6.07, 6.45) is 1.11. The maximum absolute atomic E-state index is 12.2. The van der Waals surface area contributed by atoms with Crippen LogP contribution in [-0.2, 0) is 30.4 Å². The summed E-state index contributed by atoms with van der Waals surface area (Å²) in [5.74, 6) is 1.44. The molecule has 41 heavy (non-hydrogen) atoms. The van der Waals surface area contributed by atoms with E-state index in [0.29, 0.717) is 26.2 Å². The third-order valence-corrected chi connectivity index (χ3v) is 8.15. The molecule has 0 bridgehead atoms. The van der Waals surface area contributed by atoms with Gasteiger partial charge in [0.1, 0.15) is 18.1 Å². The molecule has 1 amide bonds. The molecule has 3 atom stereocenters. The molecule has 1 saturated heterocycles. The Labute approximate surface area is 242 Å². The van der Waals surface area contributed by atoms with E-state index in [4.69, 9.17) is 23.1 Å². The van der Waals surface area contributed by atoms with E-state index in [1.807, 2.05) is 36.4 Å². The number of nitrogens with zero attached hydrogens (tertiary/aromatic N) is 2. The average Bonchev–Trinajstić information content (AvgIpc) is 2.95. The number of carbonyl (C=O) groups is 1. The number of fused-ring (bicyclic) bond motifs is 1. The van der Waals surface area contributed by atoms with Crippen LogP contribution in [-0.4, -0.2) is 96.6 Å². The molecule has 2 aromatic rings. The van der Waals surface area contributed by atoms with Crippen LogP contribution < -0.4 is 14.4 Å². The van der Waals surface area contributed by atoms with Crippen molar-refractivity contribution in [2.24, 2.45) is 0 Å². The quantitative estimate of drug-likeness (QED) is 0.272. The maximum atomic E-state index is 12.2. The Bertz CT molecular complexity index is 1260. The van der Waals surface area contributed by atoms with Crippen molar-refractivity contribution in [2.45, 2.75) is 43.9 Å². The molecule has 4 rings (SSSR count). The monoisotopic (exact) mass is 592 g/mol. The lowest BCUT2D eigenvalue weighted by atomic mass is 9.82. The predicted molar refractivity (Wildman–Crippen MR) is 154 cm³/mol. The Balaban J connectivity index is 1.52. The third kappa shape index (κ3) is 8.48. The summed E-state index contributed by atoms with van der Waals surface area (Å²) in [4.78, 5) is 15.9. The largest absolute Gasteiger partial charge is 0.497 e. The summed E-state index contributed by atoms with van der Waals surface area (Å²) < 4.78 is 50.8. The van der Waals surface area contributed by atoms with Crippen molar-refractivity contribution in [2.75, 3.05) is 64.8 Å². The second-order valence-electron chi connectivity index (χ2n) is 10.4. The van der Waals surface area contributed by atoms with Gasteiger partial charge in [-0.1, -0.05) is 18.2 Å². The number of ether oxygens (including phenoxy) is 4. The van der Waals surface area contributed by atoms with Crippen LogP contribution in [0.25, 0.3) is 0 Å². The number of hydrogen-bond donors (Lipinski definition) is 1. The summed E-state index contributed by atoms with van der Waals surface area (Å²) in [5.41, 5.74) is 2.98. The molecular weight excluding hydrogens is 552 g/mol. The summed E-state index contributed by atoms with van der Waals surface area (Å²) >= 11 is 0. The second kappa shape index (κ2) is 14.2. The molecule has 0 aromatic heterocycles. The highest BCUT2D eigenvalue weighted by Gasteiger charge is 2.39. The van der Waals surface area contributed by atoms with Crippen molar-refractivity contribution in [1.29, 1.82) is 0 Å². The molecular formula is C29H40N2O9S. The Morgan fingerprint density at radius 2 is 1.90 bits per heavy atom. The van der Waals surface area contributed by atoms with Gasteiger partial charge in [0.05, 0.1) is 51.5 Å². The van der Waals surface area contributed by atoms with E-state index in [9.17, 15) is 18.3 Å². The summed E-state index contributed by atoms with van der Waals surface area (Å²) in [7, 11) is -0.324. The van der Waals surface area contributed by atoms with Crippen molar-refractivity contribution >= 4 is 21.9 Å². The van der Waals surface area contributed by atoms with Gasteiger partial charge in [0.2, 0.25) is 0 Å². The van der Waals surface area contributed by atoms with Gasteiger partial charge in [-0.05, 0) is 54.7 Å². The second-order valence-corrected chi connectivity index (χ2v) is 12.0. The smallest absolute Gasteiger partial charge is 0.407 e. The molecule has 0 unspecified atom stereocenters. The number of methoxy groups -OCH3 is 2. The van der Waals surface area contributed by atoms with Gasteiger partial charge in [0, 0.05) is 32.2 Å². The van der Waals surface area contributed by atoms with Crippen LogP contribution in [0.15, 0.2) is 42.5 Å². The van der Waals surface area contributed by atoms with Crippen molar-refractivity contribution in [1.82, 2.24) is 4.90 Å². The lowest BCUT2D eigenvalue weighted by Crippen LogP contribution is -2.52. The first-order chi connectivity index (χ1) is 19.7. The van der Waals surface area contributed by atoms with E-state index in [1.54, 1.807) is 14.2 Å². The number of hydrogen-bond acceptors (Lipinski definition) is 9. The Morgan fingerprint density at radius 3 is 2.59 bits per heavy atom. The number of anilines is 1. The average molecular weight is 593 g/mol. The highest BCUT2D eigenvalue weighted by molar-refractivity contribution is 7.85. The molecule has 226 valence electrons. The zero-order valence-electron chi connectivity index (χ0n) is 23.9. The molecule has 2 aliphatic heterocycles. The molecule has 1 fully saturated rings. The highest BCUT2D eigenvalue weighted by Crippen LogP contribution is 2.37. The minimum absolute atomic E-state index is 0.0911. The van der Waals surface area contributed by atoms with Crippen LogP contribution in [0.4, 0.5) is 10.5 Å². The van der Waals surface area contributed by atoms with Crippen molar-refractivity contribution in [3.05, 3.63) is 53.6 Å². The van der Waals surface area contributed by atoms with Gasteiger partial charge in [-0.2, -0.15) is 8.42 Å². The minimum Gasteiger partial charge on any atom is -0.497 e. The summed E-state index contributed by atoms with van der Waals surface area (Å²) in [5, 5.41) is 10.0. The van der Waals surface area contributed by atoms with Crippen LogP contribution in [0.2, 0.25) is 0 Å². The van der Waals surface area contributed by atoms with Gasteiger partial charge < -0.3 is 33.9 Å². The zero-order chi connectivity index (χ0) is 29.4. The fraction of sp³-hybridized carbons (Fsp3) is 0.552. The molecule has 11 nitrogen and oxygen atoms in total. The topological polar surface area (TPSA) is 124 Å². The molecule has 2 aromatic carbocycles. The standard InChI is InChI=1S/C29H40N2O9S/c1-36-14-4-12-30-13-16-38-27-10-5-21(17-26(27)30)20-39-28-19-31(29(32)33)23(11-15-40-41(3,34)35)18-25(28)22-6-8-24(37-2)9-7-22/h5-10,17,23,25,28H,4,11-16,18-20H2,1-3H3,(H,32,33)/t23-,25-,28+/m1/s1. The van der Waals surface area contributed by atoms with Crippen LogP contribution in [0.5, 0.6) is 11.5 Å². The summed E-state index contributed by atoms with van der Waals surface area (Å²) in [6.45, 7) is 3.31. The van der Waals surface area contributed by atoms with Gasteiger partial charge in [-0.3, -0.25) is 4.18 Å². The maximum Gasteiger partial charge on any atom is 0.407 e. The molecule has 2 aliphatic rings. The SMILES string of the molecule is COCCCN1CCOc2ccc(CO[C@H]3CN(C(=O)O)[C@H](CCOS(C)(=O)=O)C[C@@H]3c3ccc(OC)cc3)cc21. The Morgan fingerprint density at radius 1 is 1.12 bits per heavy atom. The molecule has 0 radical (unpaired) electrons. The molecule has 0 spiro atoms. The van der Waals surface area contributed by atoms with Crippen LogP contribution in [0.1, 0.15) is 36.3 Å². The van der Waals surface area contributed by atoms with E-state index in [2.05, 4.69) is 11.0 Å². The van der Waals surface area contributed by atoms with Gasteiger partial charge in [0.25, 0.3) is 10.1 Å². The minimum atomic E-state index is -3.63. The van der Waals surface area contributed by atoms with Crippen molar-refractivity contribution in [3.63, 3.8) is 0 Å². The van der Waals surface area contributed by atoms with E-state index in [1.165, 1.54) is 4.90 Å². The number of rotatable bonds is 13. The number of likely N-dealkylation sites (tertiary alicyclic amines) is 1. The zero-order valence-corrected chi connectivity index (χ0v) is 24.7. The van der Waals surface area contributed by atoms with Gasteiger partial charge in [-0.25, -0.2) is 4.79 Å². The van der Waals surface area contributed by atoms with Gasteiger partial charge in [-0.15, -0.1) is 0 Å². The number of carboxylic acid groups (broad SMARTS) is 1. The van der Waals surface area contributed by atoms with E-state index in [0.717, 1.165) is 54.1 Å². The van der Waals surface area contributed by atoms with Gasteiger partial charge in [0.15, 0.2) is 0 Å². The van der Waals surface area contributed by atoms with Crippen molar-refractivity contribution < 1.29 is 41.4 Å². The van der Waals surface area contributed by atoms with Crippen LogP contribution in [0, 0.1) is 0 Å². The first kappa shape index (κ1) is 30.9. The molecule has 2 heterocycles. The first-order valence-corrected chi connectivity index (χ1v) is 15.6. The van der Waals surface area contributed by atoms with E-state index >= 15 is 0 Å². The number of benzene rings is 2. The number of amides is 1. The summed E-state index contributed by atoms with van der Waals surface area (Å²) in [6, 6.07) is 13.3. The fourth-order valence-corrected chi connectivity index (χ4v) is 5.90. The van der Waals surface area contributed by atoms with Crippen LogP contribution >= 0.6 is 0 Å². The Kier molecular flexibility index (Phi) is 10.7.